The average Bonchev–Trinajstić information content (AvgIpc) is 2.99. The van der Waals surface area contributed by atoms with Crippen molar-refractivity contribution >= 4 is 5.91 Å². The van der Waals surface area contributed by atoms with Crippen LogP contribution in [0.5, 0.6) is 0 Å². The van der Waals surface area contributed by atoms with Crippen molar-refractivity contribution in [2.75, 3.05) is 0 Å². The number of nitrogens with zero attached hydrogens (tertiary/aromatic N) is 4. The van der Waals surface area contributed by atoms with E-state index in [4.69, 9.17) is 4.42 Å². The molecule has 0 aromatic carbocycles. The van der Waals surface area contributed by atoms with Gasteiger partial charge in [-0.25, -0.2) is 4.68 Å². The van der Waals surface area contributed by atoms with Crippen LogP contribution in [0.4, 0.5) is 0 Å². The van der Waals surface area contributed by atoms with Crippen LogP contribution in [0, 0.1) is 6.92 Å². The summed E-state index contributed by atoms with van der Waals surface area (Å²) in [5, 5.41) is 13.9. The molecule has 7 nitrogen and oxygen atoms in total. The van der Waals surface area contributed by atoms with Gasteiger partial charge in [-0.2, -0.15) is 0 Å². The topological polar surface area (TPSA) is 85.8 Å². The van der Waals surface area contributed by atoms with E-state index in [-0.39, 0.29) is 5.91 Å². The molecule has 1 amide bonds. The summed E-state index contributed by atoms with van der Waals surface area (Å²) in [6.45, 7) is 2.90. The summed E-state index contributed by atoms with van der Waals surface area (Å²) in [4.78, 5) is 11.5. The van der Waals surface area contributed by atoms with Crippen molar-refractivity contribution in [3.05, 3.63) is 30.0 Å². The zero-order valence-electron chi connectivity index (χ0n) is 10.2. The molecule has 7 heteroatoms. The smallest absolute Gasteiger partial charge is 0.220 e. The molecule has 0 saturated carbocycles. The van der Waals surface area contributed by atoms with Crippen LogP contribution in [0.3, 0.4) is 0 Å². The van der Waals surface area contributed by atoms with Crippen LogP contribution >= 0.6 is 0 Å². The van der Waals surface area contributed by atoms with Crippen molar-refractivity contribution in [1.82, 2.24) is 25.5 Å². The summed E-state index contributed by atoms with van der Waals surface area (Å²) < 4.78 is 6.80. The Bertz CT molecular complexity index is 491. The summed E-state index contributed by atoms with van der Waals surface area (Å²) in [7, 11) is 0. The number of hydrogen-bond acceptors (Lipinski definition) is 5. The second kappa shape index (κ2) is 5.95. The first kappa shape index (κ1) is 12.3. The van der Waals surface area contributed by atoms with Crippen LogP contribution in [-0.4, -0.2) is 26.1 Å². The van der Waals surface area contributed by atoms with E-state index >= 15 is 0 Å². The number of tetrazole rings is 1. The van der Waals surface area contributed by atoms with E-state index in [2.05, 4.69) is 20.8 Å². The van der Waals surface area contributed by atoms with E-state index in [1.807, 2.05) is 13.0 Å². The third kappa shape index (κ3) is 3.41. The van der Waals surface area contributed by atoms with Crippen molar-refractivity contribution < 1.29 is 9.21 Å². The third-order valence-corrected chi connectivity index (χ3v) is 2.52. The molecule has 0 aliphatic heterocycles. The number of aromatic nitrogens is 4. The maximum absolute atomic E-state index is 11.5. The van der Waals surface area contributed by atoms with Gasteiger partial charge in [-0.3, -0.25) is 4.79 Å². The van der Waals surface area contributed by atoms with Crippen LogP contribution < -0.4 is 5.32 Å². The molecule has 0 aliphatic carbocycles. The molecule has 0 radical (unpaired) electrons. The molecular formula is C11H15N5O2. The van der Waals surface area contributed by atoms with E-state index < -0.39 is 0 Å². The van der Waals surface area contributed by atoms with Crippen LogP contribution in [0.25, 0.3) is 0 Å². The number of amides is 1. The van der Waals surface area contributed by atoms with Crippen molar-refractivity contribution in [2.45, 2.75) is 32.9 Å². The summed E-state index contributed by atoms with van der Waals surface area (Å²) >= 11 is 0. The molecule has 0 bridgehead atoms. The van der Waals surface area contributed by atoms with Crippen LogP contribution in [0.1, 0.15) is 24.4 Å². The zero-order chi connectivity index (χ0) is 12.8. The number of hydrogen-bond donors (Lipinski definition) is 1. The van der Waals surface area contributed by atoms with Gasteiger partial charge in [0.1, 0.15) is 11.6 Å². The molecule has 2 heterocycles. The quantitative estimate of drug-likeness (QED) is 0.813. The summed E-state index contributed by atoms with van der Waals surface area (Å²) in [6, 6.07) is 3.62. The summed E-state index contributed by atoms with van der Waals surface area (Å²) in [5.41, 5.74) is 0. The van der Waals surface area contributed by atoms with Crippen LogP contribution in [-0.2, 0) is 17.9 Å². The van der Waals surface area contributed by atoms with Gasteiger partial charge in [-0.15, -0.1) is 5.10 Å². The maximum Gasteiger partial charge on any atom is 0.220 e. The molecule has 2 aromatic rings. The highest BCUT2D eigenvalue weighted by molar-refractivity contribution is 5.75. The first-order valence-corrected chi connectivity index (χ1v) is 5.77. The van der Waals surface area contributed by atoms with Gasteiger partial charge in [-0.05, 0) is 35.9 Å². The standard InChI is InChI=1S/C11H15N5O2/c1-9-13-14-15-16(9)6-2-5-11(17)12-8-10-4-3-7-18-10/h3-4,7H,2,5-6,8H2,1H3,(H,12,17). The molecule has 0 unspecified atom stereocenters. The molecule has 0 spiro atoms. The summed E-state index contributed by atoms with van der Waals surface area (Å²) in [6.07, 6.45) is 2.73. The van der Waals surface area contributed by atoms with Crippen molar-refractivity contribution in [2.24, 2.45) is 0 Å². The Morgan fingerprint density at radius 3 is 3.11 bits per heavy atom. The largest absolute Gasteiger partial charge is 0.467 e. The third-order valence-electron chi connectivity index (χ3n) is 2.52. The lowest BCUT2D eigenvalue weighted by atomic mass is 10.3. The van der Waals surface area contributed by atoms with Gasteiger partial charge in [0, 0.05) is 13.0 Å². The molecule has 96 valence electrons. The molecular weight excluding hydrogens is 234 g/mol. The Morgan fingerprint density at radius 1 is 1.56 bits per heavy atom. The molecule has 2 rings (SSSR count). The lowest BCUT2D eigenvalue weighted by molar-refractivity contribution is -0.121. The van der Waals surface area contributed by atoms with Crippen LogP contribution in [0.2, 0.25) is 0 Å². The van der Waals surface area contributed by atoms with Gasteiger partial charge in [-0.1, -0.05) is 0 Å². The molecule has 0 atom stereocenters. The van der Waals surface area contributed by atoms with Crippen molar-refractivity contribution in [3.8, 4) is 0 Å². The Kier molecular flexibility index (Phi) is 4.06. The Labute approximate surface area is 104 Å². The molecule has 18 heavy (non-hydrogen) atoms. The normalized spacial score (nSPS) is 10.5. The number of aryl methyl sites for hydroxylation is 2. The Hall–Kier alpha value is -2.18. The van der Waals surface area contributed by atoms with E-state index in [0.29, 0.717) is 25.9 Å². The lowest BCUT2D eigenvalue weighted by Gasteiger charge is -2.03. The fourth-order valence-corrected chi connectivity index (χ4v) is 1.53. The minimum Gasteiger partial charge on any atom is -0.467 e. The molecule has 2 aromatic heterocycles. The average molecular weight is 249 g/mol. The van der Waals surface area contributed by atoms with E-state index in [9.17, 15) is 4.79 Å². The highest BCUT2D eigenvalue weighted by atomic mass is 16.3. The highest BCUT2D eigenvalue weighted by Crippen LogP contribution is 2.00. The number of nitrogens with one attached hydrogen (secondary N) is 1. The fraction of sp³-hybridized carbons (Fsp3) is 0.455. The molecule has 0 saturated heterocycles. The molecule has 0 aliphatic rings. The number of carbonyl (C=O) groups excluding carboxylic acids is 1. The van der Waals surface area contributed by atoms with Gasteiger partial charge in [0.15, 0.2) is 0 Å². The predicted molar refractivity (Wildman–Crippen MR) is 62.3 cm³/mol. The molecule has 1 N–H and O–H groups in total. The minimum absolute atomic E-state index is 0.00266. The van der Waals surface area contributed by atoms with E-state index in [0.717, 1.165) is 11.6 Å². The number of furan rings is 1. The number of rotatable bonds is 6. The van der Waals surface area contributed by atoms with E-state index in [1.54, 1.807) is 17.0 Å². The van der Waals surface area contributed by atoms with Gasteiger partial charge >= 0.3 is 0 Å². The van der Waals surface area contributed by atoms with Gasteiger partial charge < -0.3 is 9.73 Å². The zero-order valence-corrected chi connectivity index (χ0v) is 10.2. The molecule has 0 fully saturated rings. The Balaban J connectivity index is 1.65. The van der Waals surface area contributed by atoms with Gasteiger partial charge in [0.25, 0.3) is 0 Å². The second-order valence-electron chi connectivity index (χ2n) is 3.91. The van der Waals surface area contributed by atoms with Crippen molar-refractivity contribution in [3.63, 3.8) is 0 Å². The first-order chi connectivity index (χ1) is 8.75. The maximum atomic E-state index is 11.5. The van der Waals surface area contributed by atoms with Gasteiger partial charge in [0.2, 0.25) is 5.91 Å². The predicted octanol–water partition coefficient (Wildman–Crippen LogP) is 0.671. The van der Waals surface area contributed by atoms with Crippen LogP contribution in [0.15, 0.2) is 22.8 Å². The lowest BCUT2D eigenvalue weighted by Crippen LogP contribution is -2.22. The second-order valence-corrected chi connectivity index (χ2v) is 3.91. The summed E-state index contributed by atoms with van der Waals surface area (Å²) in [5.74, 6) is 1.50. The fourth-order valence-electron chi connectivity index (χ4n) is 1.53. The van der Waals surface area contributed by atoms with E-state index in [1.165, 1.54) is 0 Å². The minimum atomic E-state index is -0.00266. The van der Waals surface area contributed by atoms with Gasteiger partial charge in [0.05, 0.1) is 12.8 Å². The van der Waals surface area contributed by atoms with Crippen molar-refractivity contribution in [1.29, 1.82) is 0 Å². The SMILES string of the molecule is Cc1nnnn1CCCC(=O)NCc1ccco1. The Morgan fingerprint density at radius 2 is 2.44 bits per heavy atom. The first-order valence-electron chi connectivity index (χ1n) is 5.77. The number of carbonyl (C=O) groups is 1. The monoisotopic (exact) mass is 249 g/mol. The highest BCUT2D eigenvalue weighted by Gasteiger charge is 2.04.